The van der Waals surface area contributed by atoms with Gasteiger partial charge in [0.1, 0.15) is 121 Å². The van der Waals surface area contributed by atoms with E-state index in [1.165, 1.54) is 37.7 Å². The molecule has 5 aliphatic heterocycles. The Bertz CT molecular complexity index is 3080. The zero-order valence-corrected chi connectivity index (χ0v) is 51.8. The Morgan fingerprint density at radius 3 is 1.89 bits per heavy atom. The van der Waals surface area contributed by atoms with Gasteiger partial charge in [0, 0.05) is 25.4 Å². The third kappa shape index (κ3) is 17.5. The monoisotopic (exact) mass is 1360 g/mol. The molecule has 5 fully saturated rings. The average Bonchev–Trinajstić information content (AvgIpc) is 1.47. The predicted molar refractivity (Wildman–Crippen MR) is 326 cm³/mol. The molecule has 3 aromatic rings. The fourth-order valence-electron chi connectivity index (χ4n) is 11.5. The molecule has 5 aliphatic rings. The summed E-state index contributed by atoms with van der Waals surface area (Å²) in [5.41, 5.74) is 8.14. The highest BCUT2D eigenvalue weighted by Crippen LogP contribution is 2.33. The lowest BCUT2D eigenvalue weighted by Crippen LogP contribution is -2.69. The average molecular weight is 1360 g/mol. The molecule has 4 amide bonds. The quantitative estimate of drug-likeness (QED) is 0.0295. The molecule has 3 aromatic carbocycles. The number of aliphatic hydroxyl groups is 13. The van der Waals surface area contributed by atoms with E-state index in [1.54, 1.807) is 61.5 Å². The summed E-state index contributed by atoms with van der Waals surface area (Å²) >= 11 is 0. The molecule has 20 unspecified atom stereocenters. The third-order valence-corrected chi connectivity index (χ3v) is 17.3. The minimum Gasteiger partial charge on any atom is -0.497 e. The van der Waals surface area contributed by atoms with E-state index in [9.17, 15) is 90.4 Å². The van der Waals surface area contributed by atoms with Crippen molar-refractivity contribution in [2.24, 2.45) is 5.73 Å². The van der Waals surface area contributed by atoms with Gasteiger partial charge in [-0.15, -0.1) is 0 Å². The molecule has 529 valence electrons. The molecule has 8 rings (SSSR count). The first-order valence-electron chi connectivity index (χ1n) is 30.6. The molecule has 5 heterocycles. The minimum absolute atomic E-state index is 0.0443. The Morgan fingerprint density at radius 2 is 1.26 bits per heavy atom. The van der Waals surface area contributed by atoms with Crippen molar-refractivity contribution in [3.8, 4) is 11.5 Å². The highest BCUT2D eigenvalue weighted by molar-refractivity contribution is 5.96. The summed E-state index contributed by atoms with van der Waals surface area (Å²) in [7, 11) is 1.51. The van der Waals surface area contributed by atoms with Crippen molar-refractivity contribution in [3.05, 3.63) is 95.6 Å². The standard InChI is InChI=1S/C60H84N11O25/c1-25(28-6-4-3-5-7-28)38(61)53(87)67-32(16-26-8-14-31(15-9-26)92-57-50(85)47(82)51(36(22-75)94-57)96-58-49(84)46(81)44(79)37(95-58)24-91-23-27-10-12-30(90-2)13-11-27)52(86)69-39(41(76)33-17-64-59(62)68-33)55(89)70-40(54(88)66-29(19-72)20-73)42(77)34-18-65-60(63)71(34)56-48(83)45(80)43(78)35(21-74)93-56/h3-15,25,29,32-51,56-58,72,74-85H,16-19,21-24,61H2,1-2H3,(H2,63,65)(H,66,88)(H,67,87)(H,69,86)(H,70,89)(H3,62,64,68)/t25?,29-,32-,33?,34?,35?,36?,37?,38-,39-,40-,41?,42?,43?,44?,45?,46?,47?,48?,49?,50?,51?,56?,57?,58?/m0/s1. The number of amides is 4. The number of aliphatic hydroxyl groups excluding tert-OH is 13. The number of nitrogens with two attached hydrogens (primary N) is 1. The van der Waals surface area contributed by atoms with Gasteiger partial charge in [0.2, 0.25) is 36.2 Å². The smallest absolute Gasteiger partial charge is 0.246 e. The van der Waals surface area contributed by atoms with E-state index in [0.29, 0.717) is 11.3 Å². The lowest BCUT2D eigenvalue weighted by Gasteiger charge is -2.46. The van der Waals surface area contributed by atoms with E-state index in [0.717, 1.165) is 10.5 Å². The third-order valence-electron chi connectivity index (χ3n) is 17.3. The number of benzene rings is 3. The summed E-state index contributed by atoms with van der Waals surface area (Å²) < 4.78 is 39.9. The van der Waals surface area contributed by atoms with Crippen LogP contribution in [-0.4, -0.2) is 306 Å². The maximum Gasteiger partial charge on any atom is 0.246 e. The number of nitrogens with zero attached hydrogens (tertiary/aromatic N) is 1. The van der Waals surface area contributed by atoms with Gasteiger partial charge >= 0.3 is 0 Å². The van der Waals surface area contributed by atoms with Crippen LogP contribution in [0, 0.1) is 10.8 Å². The highest BCUT2D eigenvalue weighted by atomic mass is 16.7. The van der Waals surface area contributed by atoms with Crippen molar-refractivity contribution in [1.82, 2.24) is 42.1 Å². The van der Waals surface area contributed by atoms with Crippen LogP contribution in [0.25, 0.3) is 0 Å². The highest BCUT2D eigenvalue weighted by Gasteiger charge is 2.54. The number of rotatable bonds is 30. The fraction of sp³-hybridized carbons (Fsp3) is 0.583. The van der Waals surface area contributed by atoms with Gasteiger partial charge in [-0.2, -0.15) is 0 Å². The lowest BCUT2D eigenvalue weighted by atomic mass is 9.93. The molecule has 0 aromatic heterocycles. The zero-order valence-electron chi connectivity index (χ0n) is 51.8. The van der Waals surface area contributed by atoms with E-state index in [-0.39, 0.29) is 37.0 Å². The van der Waals surface area contributed by atoms with Crippen LogP contribution in [0.5, 0.6) is 11.5 Å². The van der Waals surface area contributed by atoms with Crippen molar-refractivity contribution >= 4 is 41.8 Å². The minimum atomic E-state index is -2.29. The Labute approximate surface area is 548 Å². The molecule has 96 heavy (non-hydrogen) atoms. The van der Waals surface area contributed by atoms with Gasteiger partial charge in [0.15, 0.2) is 24.4 Å². The fourth-order valence-corrected chi connectivity index (χ4v) is 11.5. The first kappa shape index (κ1) is 74.4. The maximum atomic E-state index is 15.0. The van der Waals surface area contributed by atoms with E-state index >= 15 is 0 Å². The van der Waals surface area contributed by atoms with Gasteiger partial charge in [-0.1, -0.05) is 61.5 Å². The number of hydrogen-bond acceptors (Lipinski definition) is 28. The molecule has 0 aliphatic carbocycles. The topological polar surface area (TPSA) is 574 Å². The van der Waals surface area contributed by atoms with Gasteiger partial charge in [0.05, 0.1) is 58.3 Å². The second-order valence-electron chi connectivity index (χ2n) is 23.7. The van der Waals surface area contributed by atoms with Crippen LogP contribution in [-0.2, 0) is 60.7 Å². The molecular weight excluding hydrogens is 1270 g/mol. The Balaban J connectivity index is 1.01. The van der Waals surface area contributed by atoms with Crippen LogP contribution >= 0.6 is 0 Å². The van der Waals surface area contributed by atoms with E-state index in [2.05, 4.69) is 37.2 Å². The molecule has 5 saturated heterocycles. The summed E-state index contributed by atoms with van der Waals surface area (Å²) in [6, 6.07) is 8.81. The number of hydrogen-bond donors (Lipinski definition) is 23. The first-order valence-corrected chi connectivity index (χ1v) is 30.6. The van der Waals surface area contributed by atoms with Crippen LogP contribution in [0.3, 0.4) is 0 Å². The Hall–Kier alpha value is -7.41. The van der Waals surface area contributed by atoms with Crippen molar-refractivity contribution < 1.29 is 124 Å². The molecular formula is C60H84N11O25. The number of carbonyl (C=O) groups is 4. The zero-order chi connectivity index (χ0) is 69.8. The summed E-state index contributed by atoms with van der Waals surface area (Å²) in [6.07, 6.45) is -29.8. The maximum absolute atomic E-state index is 15.0. The van der Waals surface area contributed by atoms with Gasteiger partial charge < -0.3 is 147 Å². The summed E-state index contributed by atoms with van der Waals surface area (Å²) in [6.45, 7) is -2.09. The molecule has 0 bridgehead atoms. The molecule has 25 atom stereocenters. The van der Waals surface area contributed by atoms with Crippen LogP contribution in [0.15, 0.2) is 78.9 Å². The predicted octanol–water partition coefficient (Wildman–Crippen LogP) is -10.1. The summed E-state index contributed by atoms with van der Waals surface area (Å²) in [5, 5.41) is 176. The van der Waals surface area contributed by atoms with Crippen molar-refractivity contribution in [1.29, 1.82) is 10.8 Å². The first-order chi connectivity index (χ1) is 45.8. The van der Waals surface area contributed by atoms with Crippen molar-refractivity contribution in [2.45, 2.75) is 172 Å². The van der Waals surface area contributed by atoms with Crippen LogP contribution in [0.2, 0.25) is 0 Å². The van der Waals surface area contributed by atoms with Gasteiger partial charge in [-0.3, -0.25) is 34.8 Å². The number of methoxy groups -OCH3 is 1. The molecule has 36 heteroatoms. The Morgan fingerprint density at radius 1 is 0.667 bits per heavy atom. The van der Waals surface area contributed by atoms with Crippen LogP contribution in [0.1, 0.15) is 29.5 Å². The molecule has 0 spiro atoms. The SMILES string of the molecule is COc1ccc(COCC2OC(OC3C(CO)OC(Oc4ccc(C[C@H](NC(=O)[C@@H](N)C(C)c5ccccc5)C(=O)N[C@H](C(=O)N[C@H](C(=O)N[C@H]([C]=O)CO)C(O)C5CNC(=N)N5C5OC(CO)C(O)C(O)C5O)C(O)C5CNC(=N)N5)cc4)C(O)C3O)C(O)C(O)C2O)cc1. The van der Waals surface area contributed by atoms with E-state index in [1.807, 2.05) is 0 Å². The Kier molecular flexibility index (Phi) is 26.1. The van der Waals surface area contributed by atoms with Gasteiger partial charge in [0.25, 0.3) is 0 Å². The molecule has 1 radical (unpaired) electrons. The number of ether oxygens (including phenoxy) is 7. The molecule has 0 saturated carbocycles. The van der Waals surface area contributed by atoms with Crippen LogP contribution < -0.4 is 52.4 Å². The summed E-state index contributed by atoms with van der Waals surface area (Å²) in [4.78, 5) is 70.9. The lowest BCUT2D eigenvalue weighted by molar-refractivity contribution is -0.353. The molecule has 24 N–H and O–H groups in total. The van der Waals surface area contributed by atoms with Crippen molar-refractivity contribution in [2.75, 3.05) is 46.6 Å². The van der Waals surface area contributed by atoms with Gasteiger partial charge in [-0.25, -0.2) is 0 Å². The second kappa shape index (κ2) is 33.7. The van der Waals surface area contributed by atoms with Gasteiger partial charge in [-0.05, 0) is 41.0 Å². The number of carbonyl (C=O) groups excluding carboxylic acids is 5. The normalized spacial score (nSPS) is 31.5. The summed E-state index contributed by atoms with van der Waals surface area (Å²) in [5.74, 6) is -5.92. The second-order valence-corrected chi connectivity index (χ2v) is 23.7. The van der Waals surface area contributed by atoms with E-state index in [4.69, 9.17) is 49.7 Å². The van der Waals surface area contributed by atoms with Crippen molar-refractivity contribution in [3.63, 3.8) is 0 Å². The number of nitrogens with one attached hydrogen (secondary N) is 9. The van der Waals surface area contributed by atoms with Crippen LogP contribution in [0.4, 0.5) is 0 Å². The molecule has 36 nitrogen and oxygen atoms in total. The van der Waals surface area contributed by atoms with E-state index < -0.39 is 215 Å². The number of guanidine groups is 2. The largest absolute Gasteiger partial charge is 0.497 e.